The first-order valence-electron chi connectivity index (χ1n) is 17.6. The number of carbonyl (C=O) groups excluding carboxylic acids is 4. The third-order valence-electron chi connectivity index (χ3n) is 9.71. The zero-order chi connectivity index (χ0) is 37.6. The standard InChI is InChI=1S/C40H49ClN4O7/c1-26(42-37(48)51-23-33-31-14-9-7-12-29(31)30-13-8-10-15-32(30)33)35(46)43-34(24-50-6)36(47)44(5)40(22-27-16-18-28(41)19-17-27)20-11-21-45(25-40)38(49)52-39(2,3)4/h7-10,12-19,26,33-34H,11,20-25H2,1-6H3,(H,42,48)(H,43,46)/t26-,34-,40+/m0/s1. The highest BCUT2D eigenvalue weighted by Crippen LogP contribution is 2.44. The number of likely N-dealkylation sites (N-methyl/N-ethyl adjacent to an activating group) is 1. The van der Waals surface area contributed by atoms with E-state index in [-0.39, 0.29) is 25.7 Å². The summed E-state index contributed by atoms with van der Waals surface area (Å²) in [6.45, 7) is 7.65. The zero-order valence-electron chi connectivity index (χ0n) is 30.7. The van der Waals surface area contributed by atoms with Crippen LogP contribution in [0.4, 0.5) is 9.59 Å². The van der Waals surface area contributed by atoms with Crippen molar-refractivity contribution in [2.75, 3.05) is 40.5 Å². The van der Waals surface area contributed by atoms with E-state index in [1.165, 1.54) is 14.0 Å². The van der Waals surface area contributed by atoms with Crippen LogP contribution in [0.15, 0.2) is 72.8 Å². The number of alkyl carbamates (subject to hydrolysis) is 1. The van der Waals surface area contributed by atoms with E-state index in [1.54, 1.807) is 29.0 Å². The van der Waals surface area contributed by atoms with Crippen molar-refractivity contribution >= 4 is 35.6 Å². The quantitative estimate of drug-likeness (QED) is 0.242. The van der Waals surface area contributed by atoms with Crippen LogP contribution in [-0.2, 0) is 30.2 Å². The summed E-state index contributed by atoms with van der Waals surface area (Å²) < 4.78 is 16.7. The smallest absolute Gasteiger partial charge is 0.410 e. The van der Waals surface area contributed by atoms with Gasteiger partial charge in [-0.3, -0.25) is 9.59 Å². The van der Waals surface area contributed by atoms with Gasteiger partial charge in [-0.2, -0.15) is 0 Å². The Bertz CT molecular complexity index is 1720. The fourth-order valence-electron chi connectivity index (χ4n) is 7.10. The van der Waals surface area contributed by atoms with E-state index in [1.807, 2.05) is 69.3 Å². The molecule has 0 bridgehead atoms. The van der Waals surface area contributed by atoms with Gasteiger partial charge in [0.15, 0.2) is 0 Å². The predicted octanol–water partition coefficient (Wildman–Crippen LogP) is 6.17. The molecule has 11 nitrogen and oxygen atoms in total. The van der Waals surface area contributed by atoms with Crippen molar-refractivity contribution in [3.63, 3.8) is 0 Å². The number of benzene rings is 3. The summed E-state index contributed by atoms with van der Waals surface area (Å²) in [5.74, 6) is -1.11. The first-order chi connectivity index (χ1) is 24.7. The van der Waals surface area contributed by atoms with E-state index in [9.17, 15) is 19.2 Å². The largest absolute Gasteiger partial charge is 0.449 e. The number of nitrogens with zero attached hydrogens (tertiary/aromatic N) is 2. The number of piperidine rings is 1. The molecule has 2 aliphatic rings. The number of amides is 4. The molecule has 1 saturated heterocycles. The highest BCUT2D eigenvalue weighted by Gasteiger charge is 2.45. The van der Waals surface area contributed by atoms with Crippen LogP contribution in [0.25, 0.3) is 11.1 Å². The van der Waals surface area contributed by atoms with Crippen molar-refractivity contribution in [2.24, 2.45) is 0 Å². The van der Waals surface area contributed by atoms with Gasteiger partial charge in [0.05, 0.1) is 12.1 Å². The Hall–Kier alpha value is -4.61. The average Bonchev–Trinajstić information content (AvgIpc) is 3.43. The average molecular weight is 733 g/mol. The van der Waals surface area contributed by atoms with Crippen molar-refractivity contribution in [3.05, 3.63) is 94.5 Å². The number of ether oxygens (including phenoxy) is 3. The molecule has 52 heavy (non-hydrogen) atoms. The number of nitrogens with one attached hydrogen (secondary N) is 2. The summed E-state index contributed by atoms with van der Waals surface area (Å²) in [4.78, 5) is 57.1. The third kappa shape index (κ3) is 9.05. The van der Waals surface area contributed by atoms with Gasteiger partial charge in [0.1, 0.15) is 24.3 Å². The first-order valence-corrected chi connectivity index (χ1v) is 18.0. The molecule has 1 aliphatic carbocycles. The molecule has 0 radical (unpaired) electrons. The lowest BCUT2D eigenvalue weighted by Crippen LogP contribution is -2.65. The van der Waals surface area contributed by atoms with Gasteiger partial charge in [0, 0.05) is 38.2 Å². The maximum atomic E-state index is 14.3. The van der Waals surface area contributed by atoms with Crippen LogP contribution in [0.2, 0.25) is 5.02 Å². The molecule has 3 aromatic carbocycles. The molecule has 278 valence electrons. The second kappa shape index (κ2) is 16.4. The summed E-state index contributed by atoms with van der Waals surface area (Å²) in [7, 11) is 3.13. The third-order valence-corrected chi connectivity index (χ3v) is 9.97. The van der Waals surface area contributed by atoms with Gasteiger partial charge < -0.3 is 34.6 Å². The molecule has 4 amide bonds. The van der Waals surface area contributed by atoms with E-state index >= 15 is 0 Å². The number of hydrogen-bond acceptors (Lipinski definition) is 7. The molecule has 0 saturated carbocycles. The number of likely N-dealkylation sites (tertiary alicyclic amines) is 1. The van der Waals surface area contributed by atoms with Crippen LogP contribution in [0.5, 0.6) is 0 Å². The molecule has 3 atom stereocenters. The molecule has 1 heterocycles. The summed E-state index contributed by atoms with van der Waals surface area (Å²) in [6.07, 6.45) is 0.460. The molecule has 3 aromatic rings. The Morgan fingerprint density at radius 3 is 2.17 bits per heavy atom. The fraction of sp³-hybridized carbons (Fsp3) is 0.450. The minimum absolute atomic E-state index is 0.0970. The Morgan fingerprint density at radius 1 is 0.962 bits per heavy atom. The molecule has 5 rings (SSSR count). The van der Waals surface area contributed by atoms with Crippen molar-refractivity contribution in [2.45, 2.75) is 76.1 Å². The second-order valence-corrected chi connectivity index (χ2v) is 15.1. The lowest BCUT2D eigenvalue weighted by Gasteiger charge is -2.49. The molecule has 1 aliphatic heterocycles. The summed E-state index contributed by atoms with van der Waals surface area (Å²) >= 11 is 6.17. The maximum Gasteiger partial charge on any atom is 0.410 e. The van der Waals surface area contributed by atoms with E-state index in [2.05, 4.69) is 22.8 Å². The van der Waals surface area contributed by atoms with Crippen LogP contribution in [0.3, 0.4) is 0 Å². The van der Waals surface area contributed by atoms with Gasteiger partial charge >= 0.3 is 12.2 Å². The van der Waals surface area contributed by atoms with Crippen LogP contribution < -0.4 is 10.6 Å². The summed E-state index contributed by atoms with van der Waals surface area (Å²) in [5.41, 5.74) is 3.79. The predicted molar refractivity (Wildman–Crippen MR) is 199 cm³/mol. The highest BCUT2D eigenvalue weighted by atomic mass is 35.5. The molecule has 1 fully saturated rings. The van der Waals surface area contributed by atoms with Gasteiger partial charge in [-0.25, -0.2) is 9.59 Å². The van der Waals surface area contributed by atoms with Gasteiger partial charge in [-0.1, -0.05) is 72.3 Å². The number of methoxy groups -OCH3 is 1. The molecule has 0 spiro atoms. The lowest BCUT2D eigenvalue weighted by molar-refractivity contribution is -0.144. The van der Waals surface area contributed by atoms with Crippen molar-refractivity contribution in [3.8, 4) is 11.1 Å². The highest BCUT2D eigenvalue weighted by molar-refractivity contribution is 6.30. The number of halogens is 1. The Balaban J connectivity index is 1.26. The van der Waals surface area contributed by atoms with Crippen molar-refractivity contribution < 1.29 is 33.4 Å². The van der Waals surface area contributed by atoms with E-state index < -0.39 is 47.2 Å². The van der Waals surface area contributed by atoms with Crippen LogP contribution in [0, 0.1) is 0 Å². The zero-order valence-corrected chi connectivity index (χ0v) is 31.5. The van der Waals surface area contributed by atoms with Crippen molar-refractivity contribution in [1.29, 1.82) is 0 Å². The van der Waals surface area contributed by atoms with Gasteiger partial charge in [-0.05, 0) is 86.9 Å². The molecule has 0 aromatic heterocycles. The first kappa shape index (κ1) is 38.6. The molecule has 0 unspecified atom stereocenters. The van der Waals surface area contributed by atoms with Gasteiger partial charge in [-0.15, -0.1) is 0 Å². The Morgan fingerprint density at radius 2 is 1.58 bits per heavy atom. The van der Waals surface area contributed by atoms with E-state index in [0.29, 0.717) is 30.8 Å². The molecule has 12 heteroatoms. The molecular weight excluding hydrogens is 684 g/mol. The van der Waals surface area contributed by atoms with E-state index in [0.717, 1.165) is 27.8 Å². The minimum Gasteiger partial charge on any atom is -0.449 e. The number of carbonyl (C=O) groups is 4. The monoisotopic (exact) mass is 732 g/mol. The van der Waals surface area contributed by atoms with Crippen LogP contribution in [-0.4, -0.2) is 97.5 Å². The molecular formula is C40H49ClN4O7. The van der Waals surface area contributed by atoms with Gasteiger partial charge in [0.2, 0.25) is 11.8 Å². The summed E-state index contributed by atoms with van der Waals surface area (Å²) in [5, 5.41) is 5.96. The van der Waals surface area contributed by atoms with Crippen LogP contribution in [0.1, 0.15) is 63.1 Å². The normalized spacial score (nSPS) is 18.0. The minimum atomic E-state index is -1.08. The summed E-state index contributed by atoms with van der Waals surface area (Å²) in [6, 6.07) is 21.4. The van der Waals surface area contributed by atoms with Crippen molar-refractivity contribution in [1.82, 2.24) is 20.4 Å². The fourth-order valence-corrected chi connectivity index (χ4v) is 7.23. The SMILES string of the molecule is COC[C@H](NC(=O)[C@H](C)NC(=O)OCC1c2ccccc2-c2ccccc21)C(=O)N(C)[C@@]1(Cc2ccc(Cl)cc2)CCCN(C(=O)OC(C)(C)C)C1. The van der Waals surface area contributed by atoms with Gasteiger partial charge in [0.25, 0.3) is 0 Å². The van der Waals surface area contributed by atoms with Crippen LogP contribution >= 0.6 is 11.6 Å². The number of fused-ring (bicyclic) bond motifs is 3. The lowest BCUT2D eigenvalue weighted by atomic mass is 9.81. The van der Waals surface area contributed by atoms with E-state index in [4.69, 9.17) is 25.8 Å². The number of hydrogen-bond donors (Lipinski definition) is 2. The second-order valence-electron chi connectivity index (χ2n) is 14.6. The Kier molecular flexibility index (Phi) is 12.2. The number of rotatable bonds is 11. The molecule has 2 N–H and O–H groups in total. The Labute approximate surface area is 310 Å². The topological polar surface area (TPSA) is 127 Å². The maximum absolute atomic E-state index is 14.3.